The SMILES string of the molecule is Cc1nnc(SCC(=O)Nc2cc(Cl)cc(Cl)c2)[nH]c1=O. The lowest BCUT2D eigenvalue weighted by Gasteiger charge is -2.06. The molecule has 0 aliphatic heterocycles. The normalized spacial score (nSPS) is 10.4. The van der Waals surface area contributed by atoms with E-state index in [0.29, 0.717) is 15.7 Å². The maximum absolute atomic E-state index is 11.8. The predicted molar refractivity (Wildman–Crippen MR) is 83.2 cm³/mol. The molecule has 2 aromatic rings. The first-order valence-electron chi connectivity index (χ1n) is 5.76. The number of rotatable bonds is 4. The summed E-state index contributed by atoms with van der Waals surface area (Å²) < 4.78 is 0. The quantitative estimate of drug-likeness (QED) is 0.832. The van der Waals surface area contributed by atoms with Crippen molar-refractivity contribution in [3.05, 3.63) is 44.3 Å². The number of carbonyl (C=O) groups is 1. The summed E-state index contributed by atoms with van der Waals surface area (Å²) in [6.45, 7) is 1.55. The van der Waals surface area contributed by atoms with Crippen molar-refractivity contribution in [2.75, 3.05) is 11.1 Å². The van der Waals surface area contributed by atoms with Crippen molar-refractivity contribution in [3.8, 4) is 0 Å². The first kappa shape index (κ1) is 15.8. The average molecular weight is 345 g/mol. The van der Waals surface area contributed by atoms with Crippen molar-refractivity contribution in [1.82, 2.24) is 15.2 Å². The van der Waals surface area contributed by atoms with E-state index >= 15 is 0 Å². The van der Waals surface area contributed by atoms with Crippen LogP contribution in [0, 0.1) is 6.92 Å². The third-order valence-electron chi connectivity index (χ3n) is 2.33. The van der Waals surface area contributed by atoms with Gasteiger partial charge in [0.1, 0.15) is 5.69 Å². The molecule has 2 rings (SSSR count). The zero-order valence-electron chi connectivity index (χ0n) is 10.8. The van der Waals surface area contributed by atoms with E-state index in [-0.39, 0.29) is 28.1 Å². The number of aromatic nitrogens is 3. The van der Waals surface area contributed by atoms with Gasteiger partial charge in [-0.15, -0.1) is 10.2 Å². The van der Waals surface area contributed by atoms with Gasteiger partial charge in [-0.25, -0.2) is 0 Å². The number of anilines is 1. The lowest BCUT2D eigenvalue weighted by atomic mass is 10.3. The summed E-state index contributed by atoms with van der Waals surface area (Å²) in [4.78, 5) is 25.7. The smallest absolute Gasteiger partial charge is 0.273 e. The minimum Gasteiger partial charge on any atom is -0.325 e. The fraction of sp³-hybridized carbons (Fsp3) is 0.167. The molecular formula is C12H10Cl2N4O2S. The third kappa shape index (κ3) is 4.73. The summed E-state index contributed by atoms with van der Waals surface area (Å²) in [5, 5.41) is 11.3. The number of aromatic amines is 1. The monoisotopic (exact) mass is 344 g/mol. The Balaban J connectivity index is 1.95. The number of amides is 1. The second-order valence-electron chi connectivity index (χ2n) is 4.04. The molecule has 1 heterocycles. The molecule has 110 valence electrons. The predicted octanol–water partition coefficient (Wildman–Crippen LogP) is 2.51. The standard InChI is InChI=1S/C12H10Cl2N4O2S/c1-6-11(20)16-12(18-17-6)21-5-10(19)15-9-3-7(13)2-8(14)4-9/h2-4H,5H2,1H3,(H,15,19)(H,16,18,20). The first-order valence-corrected chi connectivity index (χ1v) is 7.50. The van der Waals surface area contributed by atoms with Crippen LogP contribution >= 0.6 is 35.0 Å². The first-order chi connectivity index (χ1) is 9.94. The zero-order chi connectivity index (χ0) is 15.4. The number of thioether (sulfide) groups is 1. The maximum Gasteiger partial charge on any atom is 0.273 e. The van der Waals surface area contributed by atoms with Gasteiger partial charge in [0.05, 0.1) is 5.75 Å². The van der Waals surface area contributed by atoms with Gasteiger partial charge in [-0.2, -0.15) is 0 Å². The van der Waals surface area contributed by atoms with E-state index in [1.165, 1.54) is 0 Å². The fourth-order valence-electron chi connectivity index (χ4n) is 1.40. The summed E-state index contributed by atoms with van der Waals surface area (Å²) in [5.41, 5.74) is 0.452. The van der Waals surface area contributed by atoms with Gasteiger partial charge < -0.3 is 5.32 Å². The molecule has 0 aliphatic rings. The van der Waals surface area contributed by atoms with E-state index in [2.05, 4.69) is 20.5 Å². The van der Waals surface area contributed by atoms with Gasteiger partial charge in [0.2, 0.25) is 5.91 Å². The molecule has 0 fully saturated rings. The van der Waals surface area contributed by atoms with Gasteiger partial charge in [0.25, 0.3) is 5.56 Å². The van der Waals surface area contributed by atoms with Crippen molar-refractivity contribution in [3.63, 3.8) is 0 Å². The zero-order valence-corrected chi connectivity index (χ0v) is 13.1. The number of H-pyrrole nitrogens is 1. The molecule has 0 radical (unpaired) electrons. The van der Waals surface area contributed by atoms with Crippen LogP contribution in [0.1, 0.15) is 5.69 Å². The largest absolute Gasteiger partial charge is 0.325 e. The van der Waals surface area contributed by atoms with Gasteiger partial charge >= 0.3 is 0 Å². The van der Waals surface area contributed by atoms with E-state index in [1.807, 2.05) is 0 Å². The molecule has 1 amide bonds. The Morgan fingerprint density at radius 2 is 1.95 bits per heavy atom. The Kier molecular flexibility index (Phi) is 5.22. The average Bonchev–Trinajstić information content (AvgIpc) is 2.39. The minimum absolute atomic E-state index is 0.0673. The summed E-state index contributed by atoms with van der Waals surface area (Å²) in [6, 6.07) is 4.74. The van der Waals surface area contributed by atoms with Crippen LogP contribution < -0.4 is 10.9 Å². The molecule has 0 spiro atoms. The van der Waals surface area contributed by atoms with E-state index in [0.717, 1.165) is 11.8 Å². The van der Waals surface area contributed by atoms with Gasteiger partial charge in [-0.1, -0.05) is 35.0 Å². The molecule has 0 saturated carbocycles. The molecule has 0 bridgehead atoms. The molecule has 0 saturated heterocycles. The Hall–Kier alpha value is -1.57. The van der Waals surface area contributed by atoms with Gasteiger partial charge in [0.15, 0.2) is 5.16 Å². The molecule has 0 unspecified atom stereocenters. The molecule has 1 aromatic carbocycles. The second kappa shape index (κ2) is 6.93. The van der Waals surface area contributed by atoms with Crippen LogP contribution in [0.25, 0.3) is 0 Å². The number of hydrogen-bond acceptors (Lipinski definition) is 5. The number of halogens is 2. The summed E-state index contributed by atoms with van der Waals surface area (Å²) >= 11 is 12.8. The van der Waals surface area contributed by atoms with Gasteiger partial charge in [-0.05, 0) is 25.1 Å². The van der Waals surface area contributed by atoms with Crippen LogP contribution in [0.15, 0.2) is 28.2 Å². The fourth-order valence-corrected chi connectivity index (χ4v) is 2.53. The highest BCUT2D eigenvalue weighted by atomic mass is 35.5. The molecule has 0 aliphatic carbocycles. The molecule has 21 heavy (non-hydrogen) atoms. The van der Waals surface area contributed by atoms with E-state index < -0.39 is 0 Å². The van der Waals surface area contributed by atoms with Crippen LogP contribution in [0.5, 0.6) is 0 Å². The molecule has 0 atom stereocenters. The lowest BCUT2D eigenvalue weighted by molar-refractivity contribution is -0.113. The van der Waals surface area contributed by atoms with E-state index in [4.69, 9.17) is 23.2 Å². The van der Waals surface area contributed by atoms with Crippen LogP contribution in [0.3, 0.4) is 0 Å². The van der Waals surface area contributed by atoms with Gasteiger partial charge in [0, 0.05) is 15.7 Å². The van der Waals surface area contributed by atoms with Crippen molar-refractivity contribution in [1.29, 1.82) is 0 Å². The molecule has 9 heteroatoms. The Morgan fingerprint density at radius 1 is 1.29 bits per heavy atom. The number of nitrogens with one attached hydrogen (secondary N) is 2. The van der Waals surface area contributed by atoms with Crippen LogP contribution in [0.4, 0.5) is 5.69 Å². The van der Waals surface area contributed by atoms with Crippen molar-refractivity contribution < 1.29 is 4.79 Å². The number of hydrogen-bond donors (Lipinski definition) is 2. The molecule has 1 aromatic heterocycles. The number of carbonyl (C=O) groups excluding carboxylic acids is 1. The Bertz CT molecular complexity index is 715. The lowest BCUT2D eigenvalue weighted by Crippen LogP contribution is -2.17. The Labute approximate surface area is 134 Å². The maximum atomic E-state index is 11.8. The highest BCUT2D eigenvalue weighted by Gasteiger charge is 2.07. The highest BCUT2D eigenvalue weighted by Crippen LogP contribution is 2.22. The van der Waals surface area contributed by atoms with Crippen LogP contribution in [0.2, 0.25) is 10.0 Å². The molecule has 2 N–H and O–H groups in total. The van der Waals surface area contributed by atoms with Gasteiger partial charge in [-0.3, -0.25) is 14.6 Å². The van der Waals surface area contributed by atoms with Crippen molar-refractivity contribution in [2.24, 2.45) is 0 Å². The minimum atomic E-state index is -0.325. The Morgan fingerprint density at radius 3 is 2.57 bits per heavy atom. The number of nitrogens with zero attached hydrogens (tertiary/aromatic N) is 2. The van der Waals surface area contributed by atoms with E-state index in [1.54, 1.807) is 25.1 Å². The molecular weight excluding hydrogens is 335 g/mol. The van der Waals surface area contributed by atoms with Crippen LogP contribution in [-0.2, 0) is 4.79 Å². The van der Waals surface area contributed by atoms with Crippen molar-refractivity contribution >= 4 is 46.6 Å². The summed E-state index contributed by atoms with van der Waals surface area (Å²) in [7, 11) is 0. The summed E-state index contributed by atoms with van der Waals surface area (Å²) in [5.74, 6) is -0.209. The second-order valence-corrected chi connectivity index (χ2v) is 5.88. The van der Waals surface area contributed by atoms with Crippen LogP contribution in [-0.4, -0.2) is 26.8 Å². The summed E-state index contributed by atoms with van der Waals surface area (Å²) in [6.07, 6.45) is 0. The number of benzene rings is 1. The highest BCUT2D eigenvalue weighted by molar-refractivity contribution is 7.99. The topological polar surface area (TPSA) is 87.7 Å². The number of aryl methyl sites for hydroxylation is 1. The third-order valence-corrected chi connectivity index (χ3v) is 3.63. The van der Waals surface area contributed by atoms with Crippen molar-refractivity contribution in [2.45, 2.75) is 12.1 Å². The van der Waals surface area contributed by atoms with E-state index in [9.17, 15) is 9.59 Å². The molecule has 6 nitrogen and oxygen atoms in total.